The quantitative estimate of drug-likeness (QED) is 0.254. The highest BCUT2D eigenvalue weighted by Crippen LogP contribution is 2.65. The average Bonchev–Trinajstić information content (AvgIpc) is 3.37. The molecule has 37 heavy (non-hydrogen) atoms. The number of allylic oxidation sites excluding steroid dienone is 13. The maximum absolute atomic E-state index is 4.05. The highest BCUT2D eigenvalue weighted by atomic mass is 28.3. The molecule has 0 spiro atoms. The summed E-state index contributed by atoms with van der Waals surface area (Å²) in [5, 5.41) is 0. The molecule has 1 heteroatoms. The Morgan fingerprint density at radius 2 is 1.27 bits per heavy atom. The first-order valence-electron chi connectivity index (χ1n) is 15.1. The van der Waals surface area contributed by atoms with Gasteiger partial charge in [-0.2, -0.15) is 0 Å². The Labute approximate surface area is 229 Å². The number of fused-ring (bicyclic) bond motifs is 4. The van der Waals surface area contributed by atoms with E-state index in [9.17, 15) is 0 Å². The smallest absolute Gasteiger partial charge is 0.0554 e. The minimum atomic E-state index is -1.69. The monoisotopic (exact) mass is 512 g/mol. The van der Waals surface area contributed by atoms with Crippen molar-refractivity contribution in [1.29, 1.82) is 0 Å². The Kier molecular flexibility index (Phi) is 6.96. The maximum atomic E-state index is 4.05. The van der Waals surface area contributed by atoms with Gasteiger partial charge in [0.05, 0.1) is 8.07 Å². The van der Waals surface area contributed by atoms with Crippen LogP contribution in [0.25, 0.3) is 0 Å². The van der Waals surface area contributed by atoms with Gasteiger partial charge in [0.15, 0.2) is 0 Å². The van der Waals surface area contributed by atoms with Gasteiger partial charge < -0.3 is 0 Å². The van der Waals surface area contributed by atoms with E-state index in [4.69, 9.17) is 0 Å². The summed E-state index contributed by atoms with van der Waals surface area (Å²) in [5.41, 5.74) is 5.17. The van der Waals surface area contributed by atoms with E-state index in [0.717, 1.165) is 35.3 Å². The molecule has 0 saturated heterocycles. The van der Waals surface area contributed by atoms with Gasteiger partial charge in [-0.05, 0) is 93.7 Å². The lowest BCUT2D eigenvalue weighted by molar-refractivity contribution is 0.396. The van der Waals surface area contributed by atoms with Gasteiger partial charge in [-0.1, -0.05) is 121 Å². The van der Waals surface area contributed by atoms with Crippen LogP contribution in [0.1, 0.15) is 60.8 Å². The first-order valence-corrected chi connectivity index (χ1v) is 18.3. The van der Waals surface area contributed by atoms with E-state index < -0.39 is 8.07 Å². The minimum Gasteiger partial charge on any atom is -0.103 e. The van der Waals surface area contributed by atoms with Gasteiger partial charge in [0.25, 0.3) is 0 Å². The molecule has 0 N–H and O–H groups in total. The lowest BCUT2D eigenvalue weighted by atomic mass is 9.74. The molecule has 200 valence electrons. The van der Waals surface area contributed by atoms with Crippen molar-refractivity contribution in [1.82, 2.24) is 0 Å². The second kappa shape index (κ2) is 9.55. The van der Waals surface area contributed by atoms with E-state index in [-0.39, 0.29) is 10.8 Å². The Bertz CT molecular complexity index is 1020. The minimum absolute atomic E-state index is 0.207. The van der Waals surface area contributed by atoms with E-state index in [1.165, 1.54) is 12.8 Å². The molecule has 5 aliphatic carbocycles. The maximum Gasteiger partial charge on any atom is 0.0554 e. The van der Waals surface area contributed by atoms with Crippen LogP contribution >= 0.6 is 0 Å². The SMILES string of the molecule is C=CCCC1CC([Si](C)(C)C2C3C=C(C(C)(C)C)C=CC3C3C=CC(C(C)(C)C)=CC32)C2C=CC=CC12. The zero-order valence-corrected chi connectivity index (χ0v) is 25.9. The van der Waals surface area contributed by atoms with E-state index >= 15 is 0 Å². The molecular formula is C36H52Si. The molecule has 0 heterocycles. The molecule has 0 aromatic rings. The molecule has 5 aliphatic rings. The van der Waals surface area contributed by atoms with Crippen molar-refractivity contribution in [3.63, 3.8) is 0 Å². The van der Waals surface area contributed by atoms with Gasteiger partial charge in [-0.15, -0.1) is 6.58 Å². The molecule has 2 saturated carbocycles. The topological polar surface area (TPSA) is 0 Å². The Morgan fingerprint density at radius 3 is 1.76 bits per heavy atom. The van der Waals surface area contributed by atoms with E-state index in [0.29, 0.717) is 23.7 Å². The third-order valence-corrected chi connectivity index (χ3v) is 16.0. The largest absolute Gasteiger partial charge is 0.103 e. The average molecular weight is 513 g/mol. The highest BCUT2D eigenvalue weighted by molar-refractivity contribution is 6.80. The fraction of sp³-hybridized carbons (Fsp3) is 0.611. The second-order valence-corrected chi connectivity index (χ2v) is 20.6. The normalized spacial score (nSPS) is 38.6. The number of hydrogen-bond acceptors (Lipinski definition) is 0. The van der Waals surface area contributed by atoms with Crippen LogP contribution in [-0.2, 0) is 0 Å². The van der Waals surface area contributed by atoms with Gasteiger partial charge in [0.2, 0.25) is 0 Å². The van der Waals surface area contributed by atoms with Crippen molar-refractivity contribution >= 4 is 8.07 Å². The van der Waals surface area contributed by atoms with Crippen LogP contribution in [-0.4, -0.2) is 8.07 Å². The van der Waals surface area contributed by atoms with Crippen LogP contribution in [0.4, 0.5) is 0 Å². The molecule has 5 rings (SSSR count). The summed E-state index contributed by atoms with van der Waals surface area (Å²) in [7, 11) is -1.69. The number of rotatable bonds is 5. The second-order valence-electron chi connectivity index (χ2n) is 15.5. The van der Waals surface area contributed by atoms with Crippen molar-refractivity contribution < 1.29 is 0 Å². The van der Waals surface area contributed by atoms with Crippen LogP contribution in [0.15, 0.2) is 84.6 Å². The van der Waals surface area contributed by atoms with Crippen LogP contribution in [0.2, 0.25) is 24.2 Å². The molecule has 8 unspecified atom stereocenters. The van der Waals surface area contributed by atoms with Crippen LogP contribution < -0.4 is 0 Å². The van der Waals surface area contributed by atoms with E-state index in [1.54, 1.807) is 11.1 Å². The van der Waals surface area contributed by atoms with Gasteiger partial charge in [-0.3, -0.25) is 0 Å². The molecule has 0 aromatic carbocycles. The van der Waals surface area contributed by atoms with E-state index in [1.807, 2.05) is 0 Å². The Hall–Kier alpha value is -1.60. The van der Waals surface area contributed by atoms with Crippen LogP contribution in [0, 0.1) is 52.3 Å². The van der Waals surface area contributed by atoms with Crippen LogP contribution in [0.5, 0.6) is 0 Å². The van der Waals surface area contributed by atoms with E-state index in [2.05, 4.69) is 128 Å². The fourth-order valence-electron chi connectivity index (χ4n) is 8.98. The van der Waals surface area contributed by atoms with Gasteiger partial charge >= 0.3 is 0 Å². The third-order valence-electron chi connectivity index (χ3n) is 11.0. The Balaban J connectivity index is 1.57. The predicted octanol–water partition coefficient (Wildman–Crippen LogP) is 10.3. The summed E-state index contributed by atoms with van der Waals surface area (Å²) in [6, 6.07) is 0. The summed E-state index contributed by atoms with van der Waals surface area (Å²) < 4.78 is 0. The summed E-state index contributed by atoms with van der Waals surface area (Å²) >= 11 is 0. The van der Waals surface area contributed by atoms with Crippen molar-refractivity contribution in [2.75, 3.05) is 0 Å². The Morgan fingerprint density at radius 1 is 0.757 bits per heavy atom. The first-order chi connectivity index (χ1) is 17.3. The lowest BCUT2D eigenvalue weighted by Crippen LogP contribution is -2.44. The molecule has 0 aromatic heterocycles. The summed E-state index contributed by atoms with van der Waals surface area (Å²) in [4.78, 5) is 0. The van der Waals surface area contributed by atoms with Gasteiger partial charge in [-0.25, -0.2) is 0 Å². The molecule has 0 radical (unpaired) electrons. The van der Waals surface area contributed by atoms with Crippen molar-refractivity contribution in [3.05, 3.63) is 84.6 Å². The van der Waals surface area contributed by atoms with Gasteiger partial charge in [0.1, 0.15) is 0 Å². The lowest BCUT2D eigenvalue weighted by Gasteiger charge is -2.45. The molecule has 0 bridgehead atoms. The highest BCUT2D eigenvalue weighted by Gasteiger charge is 2.59. The molecule has 8 atom stereocenters. The fourth-order valence-corrected chi connectivity index (χ4v) is 14.3. The first kappa shape index (κ1) is 27.0. The van der Waals surface area contributed by atoms with Crippen molar-refractivity contribution in [3.8, 4) is 0 Å². The molecule has 2 fully saturated rings. The molecule has 0 amide bonds. The molecule has 0 aliphatic heterocycles. The zero-order valence-electron chi connectivity index (χ0n) is 24.9. The zero-order chi connectivity index (χ0) is 26.8. The van der Waals surface area contributed by atoms with Gasteiger partial charge in [0, 0.05) is 0 Å². The predicted molar refractivity (Wildman–Crippen MR) is 165 cm³/mol. The summed E-state index contributed by atoms with van der Waals surface area (Å²) in [6.45, 7) is 24.0. The van der Waals surface area contributed by atoms with Crippen LogP contribution in [0.3, 0.4) is 0 Å². The summed E-state index contributed by atoms with van der Waals surface area (Å²) in [6.07, 6.45) is 31.6. The summed E-state index contributed by atoms with van der Waals surface area (Å²) in [5.74, 6) is 4.92. The van der Waals surface area contributed by atoms with Crippen molar-refractivity contribution in [2.45, 2.75) is 85.0 Å². The molecular weight excluding hydrogens is 460 g/mol. The third kappa shape index (κ3) is 4.73. The molecule has 0 nitrogen and oxygen atoms in total. The number of hydrogen-bond donors (Lipinski definition) is 0. The van der Waals surface area contributed by atoms with Crippen molar-refractivity contribution in [2.24, 2.45) is 52.3 Å². The standard InChI is InChI=1S/C36H52Si/c1-10-11-14-24-21-33(30-16-13-12-15-27(24)30)37(8,9)34-31-22-25(35(2,3)4)17-19-28(31)29-20-18-26(23-32(29)34)36(5,6)7/h10,12-13,15-20,22-24,27-34H,1,11,14,21H2,2-9H3.